The first kappa shape index (κ1) is 13.1. The van der Waals surface area contributed by atoms with Crippen LogP contribution in [0.1, 0.15) is 23.4 Å². The van der Waals surface area contributed by atoms with E-state index in [1.807, 2.05) is 17.1 Å². The standard InChI is InChI=1S/C16H17N3S/c1-13(18-11-16-3-2-10-20-16)14-4-6-15(7-5-14)19-9-8-17-12-19/h2-10,12-13,18H,11H2,1H3. The van der Waals surface area contributed by atoms with Gasteiger partial charge in [-0.25, -0.2) is 4.98 Å². The van der Waals surface area contributed by atoms with Crippen molar-refractivity contribution in [1.82, 2.24) is 14.9 Å². The third-order valence-corrected chi connectivity index (χ3v) is 4.23. The zero-order valence-corrected chi connectivity index (χ0v) is 12.2. The predicted octanol–water partition coefficient (Wildman–Crippen LogP) is 3.78. The molecule has 2 heterocycles. The van der Waals surface area contributed by atoms with Crippen LogP contribution in [0.3, 0.4) is 0 Å². The van der Waals surface area contributed by atoms with Gasteiger partial charge in [0.25, 0.3) is 0 Å². The maximum Gasteiger partial charge on any atom is 0.0991 e. The molecule has 1 unspecified atom stereocenters. The zero-order valence-electron chi connectivity index (χ0n) is 11.4. The summed E-state index contributed by atoms with van der Waals surface area (Å²) in [4.78, 5) is 5.43. The third-order valence-electron chi connectivity index (χ3n) is 3.36. The Bertz CT molecular complexity index is 627. The minimum Gasteiger partial charge on any atom is -0.306 e. The van der Waals surface area contributed by atoms with E-state index in [-0.39, 0.29) is 0 Å². The molecule has 0 spiro atoms. The van der Waals surface area contributed by atoms with Gasteiger partial charge >= 0.3 is 0 Å². The smallest absolute Gasteiger partial charge is 0.0991 e. The minimum absolute atomic E-state index is 0.342. The van der Waals surface area contributed by atoms with Gasteiger partial charge in [0, 0.05) is 35.5 Å². The van der Waals surface area contributed by atoms with Gasteiger partial charge in [-0.2, -0.15) is 0 Å². The Hall–Kier alpha value is -1.91. The molecule has 1 aromatic carbocycles. The van der Waals surface area contributed by atoms with Gasteiger partial charge in [0.2, 0.25) is 0 Å². The van der Waals surface area contributed by atoms with Crippen LogP contribution in [0, 0.1) is 0 Å². The van der Waals surface area contributed by atoms with Crippen molar-refractivity contribution in [2.75, 3.05) is 0 Å². The van der Waals surface area contributed by atoms with Gasteiger partial charge in [0.05, 0.1) is 6.33 Å². The van der Waals surface area contributed by atoms with Crippen molar-refractivity contribution in [3.8, 4) is 5.69 Å². The van der Waals surface area contributed by atoms with Gasteiger partial charge in [-0.15, -0.1) is 11.3 Å². The Balaban J connectivity index is 1.65. The van der Waals surface area contributed by atoms with E-state index in [4.69, 9.17) is 0 Å². The zero-order chi connectivity index (χ0) is 13.8. The molecule has 2 aromatic heterocycles. The molecule has 0 aliphatic carbocycles. The molecule has 0 bridgehead atoms. The fourth-order valence-corrected chi connectivity index (χ4v) is 2.79. The molecule has 0 radical (unpaired) electrons. The summed E-state index contributed by atoms with van der Waals surface area (Å²) in [5.74, 6) is 0. The fraction of sp³-hybridized carbons (Fsp3) is 0.188. The topological polar surface area (TPSA) is 29.9 Å². The van der Waals surface area contributed by atoms with E-state index in [0.717, 1.165) is 12.2 Å². The Morgan fingerprint density at radius 1 is 1.25 bits per heavy atom. The summed E-state index contributed by atoms with van der Waals surface area (Å²) in [6.45, 7) is 3.11. The highest BCUT2D eigenvalue weighted by Gasteiger charge is 2.05. The molecular weight excluding hydrogens is 266 g/mol. The molecule has 3 nitrogen and oxygen atoms in total. The van der Waals surface area contributed by atoms with Crippen LogP contribution in [0.5, 0.6) is 0 Å². The number of hydrogen-bond acceptors (Lipinski definition) is 3. The van der Waals surface area contributed by atoms with Crippen molar-refractivity contribution in [3.63, 3.8) is 0 Å². The Labute approximate surface area is 122 Å². The lowest BCUT2D eigenvalue weighted by molar-refractivity contribution is 0.579. The summed E-state index contributed by atoms with van der Waals surface area (Å²) in [5.41, 5.74) is 2.43. The van der Waals surface area contributed by atoms with E-state index in [2.05, 4.69) is 59.0 Å². The Kier molecular flexibility index (Phi) is 3.95. The number of thiophene rings is 1. The van der Waals surface area contributed by atoms with E-state index in [9.17, 15) is 0 Å². The maximum absolute atomic E-state index is 4.07. The summed E-state index contributed by atoms with van der Waals surface area (Å²) in [6.07, 6.45) is 5.56. The van der Waals surface area contributed by atoms with Crippen molar-refractivity contribution in [3.05, 3.63) is 70.9 Å². The van der Waals surface area contributed by atoms with Crippen LogP contribution in [-0.4, -0.2) is 9.55 Å². The lowest BCUT2D eigenvalue weighted by atomic mass is 10.1. The van der Waals surface area contributed by atoms with Crippen LogP contribution in [0.2, 0.25) is 0 Å². The van der Waals surface area contributed by atoms with E-state index >= 15 is 0 Å². The number of benzene rings is 1. The molecule has 1 atom stereocenters. The van der Waals surface area contributed by atoms with Crippen molar-refractivity contribution in [2.24, 2.45) is 0 Å². The summed E-state index contributed by atoms with van der Waals surface area (Å²) >= 11 is 1.79. The minimum atomic E-state index is 0.342. The molecule has 1 N–H and O–H groups in total. The van der Waals surface area contributed by atoms with Crippen molar-refractivity contribution in [1.29, 1.82) is 0 Å². The van der Waals surface area contributed by atoms with Gasteiger partial charge in [0.15, 0.2) is 0 Å². The number of aromatic nitrogens is 2. The summed E-state index contributed by atoms with van der Waals surface area (Å²) < 4.78 is 2.01. The van der Waals surface area contributed by atoms with E-state index in [1.165, 1.54) is 10.4 Å². The van der Waals surface area contributed by atoms with Gasteiger partial charge in [-0.05, 0) is 36.1 Å². The molecule has 0 aliphatic rings. The van der Waals surface area contributed by atoms with E-state index < -0.39 is 0 Å². The second-order valence-corrected chi connectivity index (χ2v) is 5.78. The Morgan fingerprint density at radius 3 is 2.75 bits per heavy atom. The lowest BCUT2D eigenvalue weighted by Gasteiger charge is -2.14. The quantitative estimate of drug-likeness (QED) is 0.772. The normalized spacial score (nSPS) is 12.4. The summed E-state index contributed by atoms with van der Waals surface area (Å²) in [6, 6.07) is 13.2. The van der Waals surface area contributed by atoms with Crippen LogP contribution >= 0.6 is 11.3 Å². The first-order chi connectivity index (χ1) is 9.83. The number of nitrogens with zero attached hydrogens (tertiary/aromatic N) is 2. The van der Waals surface area contributed by atoms with Crippen LogP contribution in [-0.2, 0) is 6.54 Å². The predicted molar refractivity (Wildman–Crippen MR) is 83.1 cm³/mol. The molecule has 0 aliphatic heterocycles. The molecule has 0 saturated carbocycles. The second-order valence-electron chi connectivity index (χ2n) is 4.74. The number of rotatable bonds is 5. The van der Waals surface area contributed by atoms with Crippen molar-refractivity contribution >= 4 is 11.3 Å². The molecule has 3 aromatic rings. The molecular formula is C16H17N3S. The summed E-state index contributed by atoms with van der Waals surface area (Å²) in [7, 11) is 0. The van der Waals surface area contributed by atoms with Crippen LogP contribution < -0.4 is 5.32 Å². The third kappa shape index (κ3) is 2.98. The number of imidazole rings is 1. The molecule has 20 heavy (non-hydrogen) atoms. The van der Waals surface area contributed by atoms with Crippen molar-refractivity contribution in [2.45, 2.75) is 19.5 Å². The highest BCUT2D eigenvalue weighted by atomic mass is 32.1. The fourth-order valence-electron chi connectivity index (χ4n) is 2.13. The van der Waals surface area contributed by atoms with Crippen molar-refractivity contribution < 1.29 is 0 Å². The average molecular weight is 283 g/mol. The molecule has 0 amide bonds. The van der Waals surface area contributed by atoms with E-state index in [0.29, 0.717) is 6.04 Å². The molecule has 0 fully saturated rings. The maximum atomic E-state index is 4.07. The van der Waals surface area contributed by atoms with Gasteiger partial charge in [-0.3, -0.25) is 0 Å². The highest BCUT2D eigenvalue weighted by molar-refractivity contribution is 7.09. The average Bonchev–Trinajstić information content (AvgIpc) is 3.18. The van der Waals surface area contributed by atoms with Crippen LogP contribution in [0.25, 0.3) is 5.69 Å². The SMILES string of the molecule is CC(NCc1cccs1)c1ccc(-n2ccnc2)cc1. The molecule has 4 heteroatoms. The van der Waals surface area contributed by atoms with Gasteiger partial charge < -0.3 is 9.88 Å². The van der Waals surface area contributed by atoms with Gasteiger partial charge in [-0.1, -0.05) is 18.2 Å². The Morgan fingerprint density at radius 2 is 2.10 bits per heavy atom. The second kappa shape index (κ2) is 6.03. The van der Waals surface area contributed by atoms with E-state index in [1.54, 1.807) is 17.5 Å². The first-order valence-electron chi connectivity index (χ1n) is 6.67. The van der Waals surface area contributed by atoms with Crippen LogP contribution in [0.4, 0.5) is 0 Å². The molecule has 3 rings (SSSR count). The summed E-state index contributed by atoms with van der Waals surface area (Å²) in [5, 5.41) is 5.66. The largest absolute Gasteiger partial charge is 0.306 e. The number of hydrogen-bond donors (Lipinski definition) is 1. The monoisotopic (exact) mass is 283 g/mol. The van der Waals surface area contributed by atoms with Crippen LogP contribution in [0.15, 0.2) is 60.5 Å². The molecule has 0 saturated heterocycles. The highest BCUT2D eigenvalue weighted by Crippen LogP contribution is 2.17. The number of nitrogens with one attached hydrogen (secondary N) is 1. The molecule has 102 valence electrons. The lowest BCUT2D eigenvalue weighted by Crippen LogP contribution is -2.17. The van der Waals surface area contributed by atoms with Gasteiger partial charge in [0.1, 0.15) is 0 Å². The first-order valence-corrected chi connectivity index (χ1v) is 7.55.